The molecular formula is C22H26N2O4. The second-order valence-corrected chi connectivity index (χ2v) is 7.11. The lowest BCUT2D eigenvalue weighted by atomic mass is 10.0. The Kier molecular flexibility index (Phi) is 6.44. The summed E-state index contributed by atoms with van der Waals surface area (Å²) in [6.45, 7) is 6.32. The maximum Gasteiger partial charge on any atom is 0.335 e. The molecule has 1 saturated heterocycles. The highest BCUT2D eigenvalue weighted by atomic mass is 16.5. The fourth-order valence-electron chi connectivity index (χ4n) is 3.43. The Morgan fingerprint density at radius 3 is 2.61 bits per heavy atom. The van der Waals surface area contributed by atoms with Crippen LogP contribution in [0.25, 0.3) is 0 Å². The third kappa shape index (κ3) is 4.77. The maximum absolute atomic E-state index is 12.6. The van der Waals surface area contributed by atoms with Crippen molar-refractivity contribution in [2.45, 2.75) is 32.5 Å². The van der Waals surface area contributed by atoms with Crippen LogP contribution in [0, 0.1) is 6.92 Å². The number of carbonyl (C=O) groups is 2. The van der Waals surface area contributed by atoms with E-state index in [0.29, 0.717) is 26.2 Å². The fraction of sp³-hybridized carbons (Fsp3) is 0.364. The van der Waals surface area contributed by atoms with Crippen LogP contribution < -0.4 is 5.32 Å². The predicted molar refractivity (Wildman–Crippen MR) is 106 cm³/mol. The van der Waals surface area contributed by atoms with Gasteiger partial charge in [0.15, 0.2) is 0 Å². The summed E-state index contributed by atoms with van der Waals surface area (Å²) in [5.74, 6) is -1.01. The molecule has 0 aromatic heterocycles. The van der Waals surface area contributed by atoms with E-state index in [9.17, 15) is 9.59 Å². The Bertz CT molecular complexity index is 835. The van der Waals surface area contributed by atoms with E-state index in [2.05, 4.69) is 29.3 Å². The number of aryl methyl sites for hydroxylation is 1. The molecule has 6 nitrogen and oxygen atoms in total. The molecule has 2 aromatic rings. The highest BCUT2D eigenvalue weighted by Gasteiger charge is 2.29. The number of carboxylic acid groups (broad SMARTS) is 1. The van der Waals surface area contributed by atoms with E-state index in [0.717, 1.165) is 5.56 Å². The normalized spacial score (nSPS) is 18.4. The lowest BCUT2D eigenvalue weighted by Crippen LogP contribution is -2.50. The SMILES string of the molecule is Cc1ccccc1C1CN(C(C)C(=O)NCc2ccc(C(=O)O)cc2)CCO1. The molecule has 2 N–H and O–H groups in total. The van der Waals surface area contributed by atoms with Gasteiger partial charge in [0.2, 0.25) is 5.91 Å². The van der Waals surface area contributed by atoms with Crippen LogP contribution in [0.3, 0.4) is 0 Å². The van der Waals surface area contributed by atoms with Crippen LogP contribution in [0.15, 0.2) is 48.5 Å². The summed E-state index contributed by atoms with van der Waals surface area (Å²) in [6, 6.07) is 14.4. The molecule has 0 aliphatic carbocycles. The molecule has 0 bridgehead atoms. The number of morpholine rings is 1. The first-order valence-corrected chi connectivity index (χ1v) is 9.47. The number of amides is 1. The minimum absolute atomic E-state index is 0.0336. The van der Waals surface area contributed by atoms with Gasteiger partial charge in [-0.25, -0.2) is 4.79 Å². The molecule has 2 unspecified atom stereocenters. The summed E-state index contributed by atoms with van der Waals surface area (Å²) in [7, 11) is 0. The zero-order valence-electron chi connectivity index (χ0n) is 16.2. The number of benzene rings is 2. The highest BCUT2D eigenvalue weighted by Crippen LogP contribution is 2.25. The second-order valence-electron chi connectivity index (χ2n) is 7.11. The van der Waals surface area contributed by atoms with Crippen LogP contribution in [0.1, 0.15) is 40.1 Å². The smallest absolute Gasteiger partial charge is 0.335 e. The summed E-state index contributed by atoms with van der Waals surface area (Å²) in [4.78, 5) is 25.7. The van der Waals surface area contributed by atoms with Crippen molar-refractivity contribution < 1.29 is 19.4 Å². The van der Waals surface area contributed by atoms with Crippen LogP contribution in [-0.4, -0.2) is 47.6 Å². The Morgan fingerprint density at radius 2 is 1.93 bits per heavy atom. The molecule has 0 spiro atoms. The number of ether oxygens (including phenoxy) is 1. The molecule has 1 amide bonds. The van der Waals surface area contributed by atoms with E-state index in [-0.39, 0.29) is 23.6 Å². The zero-order valence-corrected chi connectivity index (χ0v) is 16.2. The Balaban J connectivity index is 1.56. The largest absolute Gasteiger partial charge is 0.478 e. The van der Waals surface area contributed by atoms with Crippen LogP contribution >= 0.6 is 0 Å². The molecule has 1 fully saturated rings. The number of hydrogen-bond acceptors (Lipinski definition) is 4. The van der Waals surface area contributed by atoms with Gasteiger partial charge < -0.3 is 15.2 Å². The summed E-state index contributed by atoms with van der Waals surface area (Å²) < 4.78 is 5.94. The van der Waals surface area contributed by atoms with Crippen LogP contribution in [0.5, 0.6) is 0 Å². The minimum Gasteiger partial charge on any atom is -0.478 e. The predicted octanol–water partition coefficient (Wildman–Crippen LogP) is 2.77. The van der Waals surface area contributed by atoms with Crippen molar-refractivity contribution in [3.8, 4) is 0 Å². The molecule has 0 radical (unpaired) electrons. The van der Waals surface area contributed by atoms with Gasteiger partial charge in [-0.05, 0) is 42.7 Å². The van der Waals surface area contributed by atoms with Gasteiger partial charge in [0.05, 0.1) is 24.3 Å². The molecule has 28 heavy (non-hydrogen) atoms. The first-order valence-electron chi connectivity index (χ1n) is 9.47. The molecule has 1 aliphatic heterocycles. The van der Waals surface area contributed by atoms with E-state index in [1.54, 1.807) is 24.3 Å². The topological polar surface area (TPSA) is 78.9 Å². The van der Waals surface area contributed by atoms with Crippen molar-refractivity contribution in [2.24, 2.45) is 0 Å². The van der Waals surface area contributed by atoms with Gasteiger partial charge in [-0.3, -0.25) is 9.69 Å². The van der Waals surface area contributed by atoms with E-state index < -0.39 is 5.97 Å². The van der Waals surface area contributed by atoms with Gasteiger partial charge in [-0.2, -0.15) is 0 Å². The molecule has 1 heterocycles. The summed E-state index contributed by atoms with van der Waals surface area (Å²) in [5.41, 5.74) is 3.46. The number of aromatic carboxylic acids is 1. The Morgan fingerprint density at radius 1 is 1.21 bits per heavy atom. The van der Waals surface area contributed by atoms with E-state index >= 15 is 0 Å². The van der Waals surface area contributed by atoms with Crippen LogP contribution in [0.4, 0.5) is 0 Å². The molecule has 1 aliphatic rings. The van der Waals surface area contributed by atoms with Crippen molar-refractivity contribution in [3.05, 3.63) is 70.8 Å². The molecule has 0 saturated carbocycles. The number of nitrogens with zero attached hydrogens (tertiary/aromatic N) is 1. The average Bonchev–Trinajstić information content (AvgIpc) is 2.72. The van der Waals surface area contributed by atoms with Gasteiger partial charge >= 0.3 is 5.97 Å². The molecule has 2 aromatic carbocycles. The van der Waals surface area contributed by atoms with E-state index in [1.165, 1.54) is 11.1 Å². The van der Waals surface area contributed by atoms with Gasteiger partial charge in [0, 0.05) is 19.6 Å². The third-order valence-electron chi connectivity index (χ3n) is 5.23. The summed E-state index contributed by atoms with van der Waals surface area (Å²) in [5, 5.41) is 11.9. The molecule has 3 rings (SSSR count). The van der Waals surface area contributed by atoms with Gasteiger partial charge in [-0.1, -0.05) is 36.4 Å². The van der Waals surface area contributed by atoms with E-state index in [4.69, 9.17) is 9.84 Å². The van der Waals surface area contributed by atoms with E-state index in [1.807, 2.05) is 19.1 Å². The lowest BCUT2D eigenvalue weighted by Gasteiger charge is -2.36. The van der Waals surface area contributed by atoms with Crippen molar-refractivity contribution in [1.29, 1.82) is 0 Å². The quantitative estimate of drug-likeness (QED) is 0.803. The fourth-order valence-corrected chi connectivity index (χ4v) is 3.43. The van der Waals surface area contributed by atoms with Crippen molar-refractivity contribution in [2.75, 3.05) is 19.7 Å². The number of carbonyl (C=O) groups excluding carboxylic acids is 1. The monoisotopic (exact) mass is 382 g/mol. The maximum atomic E-state index is 12.6. The Hall–Kier alpha value is -2.70. The van der Waals surface area contributed by atoms with Gasteiger partial charge in [-0.15, -0.1) is 0 Å². The first-order chi connectivity index (χ1) is 13.5. The molecule has 2 atom stereocenters. The number of rotatable bonds is 6. The first kappa shape index (κ1) is 20.0. The zero-order chi connectivity index (χ0) is 20.1. The van der Waals surface area contributed by atoms with Crippen LogP contribution in [0.2, 0.25) is 0 Å². The third-order valence-corrected chi connectivity index (χ3v) is 5.23. The average molecular weight is 382 g/mol. The van der Waals surface area contributed by atoms with Crippen molar-refractivity contribution in [1.82, 2.24) is 10.2 Å². The number of hydrogen-bond donors (Lipinski definition) is 2. The van der Waals surface area contributed by atoms with Crippen LogP contribution in [-0.2, 0) is 16.1 Å². The number of nitrogens with one attached hydrogen (secondary N) is 1. The second kappa shape index (κ2) is 8.99. The van der Waals surface area contributed by atoms with Gasteiger partial charge in [0.25, 0.3) is 0 Å². The number of carboxylic acids is 1. The van der Waals surface area contributed by atoms with Gasteiger partial charge in [0.1, 0.15) is 0 Å². The molecular weight excluding hydrogens is 356 g/mol. The van der Waals surface area contributed by atoms with Crippen molar-refractivity contribution >= 4 is 11.9 Å². The molecule has 6 heteroatoms. The summed E-state index contributed by atoms with van der Waals surface area (Å²) >= 11 is 0. The van der Waals surface area contributed by atoms with Crippen molar-refractivity contribution in [3.63, 3.8) is 0 Å². The Labute approximate surface area is 165 Å². The molecule has 148 valence electrons. The lowest BCUT2D eigenvalue weighted by molar-refractivity contribution is -0.129. The standard InChI is InChI=1S/C22H26N2O4/c1-15-5-3-4-6-19(15)20-14-24(11-12-28-20)16(2)21(25)23-13-17-7-9-18(10-8-17)22(26)27/h3-10,16,20H,11-14H2,1-2H3,(H,23,25)(H,26,27). The minimum atomic E-state index is -0.959. The summed E-state index contributed by atoms with van der Waals surface area (Å²) in [6.07, 6.45) is -0.0336. The highest BCUT2D eigenvalue weighted by molar-refractivity contribution is 5.87.